The molecule has 0 aliphatic carbocycles. The van der Waals surface area contributed by atoms with Crippen molar-refractivity contribution in [2.24, 2.45) is 5.41 Å². The van der Waals surface area contributed by atoms with Crippen LogP contribution in [0.15, 0.2) is 40.9 Å². The van der Waals surface area contributed by atoms with Crippen LogP contribution in [-0.2, 0) is 6.54 Å². The maximum atomic E-state index is 9.07. The second-order valence-corrected chi connectivity index (χ2v) is 6.89. The van der Waals surface area contributed by atoms with E-state index < -0.39 is 0 Å². The molecule has 0 saturated heterocycles. The van der Waals surface area contributed by atoms with Crippen molar-refractivity contribution in [3.63, 3.8) is 0 Å². The van der Waals surface area contributed by atoms with Gasteiger partial charge >= 0.3 is 0 Å². The number of aliphatic hydroxyl groups excluding tert-OH is 1. The van der Waals surface area contributed by atoms with Gasteiger partial charge in [-0.05, 0) is 11.8 Å². The van der Waals surface area contributed by atoms with Crippen molar-refractivity contribution >= 4 is 0 Å². The van der Waals surface area contributed by atoms with Crippen LogP contribution in [0.25, 0.3) is 11.3 Å². The van der Waals surface area contributed by atoms with E-state index in [4.69, 9.17) is 9.63 Å². The summed E-state index contributed by atoms with van der Waals surface area (Å²) in [6.07, 6.45) is 0.774. The summed E-state index contributed by atoms with van der Waals surface area (Å²) in [5.74, 6) is 0.862. The summed E-state index contributed by atoms with van der Waals surface area (Å²) in [4.78, 5) is 2.31. The van der Waals surface area contributed by atoms with Crippen LogP contribution >= 0.6 is 0 Å². The molecule has 0 bridgehead atoms. The minimum absolute atomic E-state index is 0.206. The number of benzene rings is 1. The lowest BCUT2D eigenvalue weighted by Crippen LogP contribution is -2.33. The predicted octanol–water partition coefficient (Wildman–Crippen LogP) is 3.57. The van der Waals surface area contributed by atoms with Gasteiger partial charge in [0.2, 0.25) is 0 Å². The van der Waals surface area contributed by atoms with Gasteiger partial charge in [0.05, 0.1) is 6.54 Å². The summed E-state index contributed by atoms with van der Waals surface area (Å²) in [5, 5.41) is 13.2. The molecule has 0 atom stereocenters. The Hall–Kier alpha value is -1.65. The van der Waals surface area contributed by atoms with Crippen molar-refractivity contribution in [2.75, 3.05) is 19.7 Å². The molecule has 120 valence electrons. The summed E-state index contributed by atoms with van der Waals surface area (Å²) in [6.45, 7) is 9.39. The molecule has 1 heterocycles. The first-order chi connectivity index (χ1) is 10.5. The van der Waals surface area contributed by atoms with Gasteiger partial charge in [-0.1, -0.05) is 56.3 Å². The van der Waals surface area contributed by atoms with E-state index in [-0.39, 0.29) is 12.0 Å². The lowest BCUT2D eigenvalue weighted by atomic mass is 9.96. The molecular formula is C18H26N2O2. The SMILES string of the molecule is CC(C)(C)CN(CCCO)Cc1cc(-c2ccccc2)no1. The molecule has 4 nitrogen and oxygen atoms in total. The fourth-order valence-electron chi connectivity index (χ4n) is 2.53. The van der Waals surface area contributed by atoms with E-state index in [1.54, 1.807) is 0 Å². The molecule has 0 radical (unpaired) electrons. The highest BCUT2D eigenvalue weighted by Crippen LogP contribution is 2.21. The van der Waals surface area contributed by atoms with Crippen molar-refractivity contribution in [1.29, 1.82) is 0 Å². The third-order valence-electron chi connectivity index (χ3n) is 3.34. The number of hydrogen-bond acceptors (Lipinski definition) is 4. The van der Waals surface area contributed by atoms with Crippen LogP contribution in [0.2, 0.25) is 0 Å². The molecule has 4 heteroatoms. The quantitative estimate of drug-likeness (QED) is 0.849. The lowest BCUT2D eigenvalue weighted by molar-refractivity contribution is 0.153. The number of aromatic nitrogens is 1. The Kier molecular flexibility index (Phi) is 5.75. The van der Waals surface area contributed by atoms with Crippen LogP contribution in [0.4, 0.5) is 0 Å². The van der Waals surface area contributed by atoms with E-state index in [2.05, 4.69) is 30.8 Å². The molecule has 1 aromatic carbocycles. The van der Waals surface area contributed by atoms with Gasteiger partial charge in [-0.25, -0.2) is 0 Å². The van der Waals surface area contributed by atoms with E-state index in [1.807, 2.05) is 36.4 Å². The van der Waals surface area contributed by atoms with E-state index in [9.17, 15) is 0 Å². The fourth-order valence-corrected chi connectivity index (χ4v) is 2.53. The smallest absolute Gasteiger partial charge is 0.151 e. The molecule has 0 unspecified atom stereocenters. The number of hydrogen-bond donors (Lipinski definition) is 1. The Morgan fingerprint density at radius 2 is 1.91 bits per heavy atom. The van der Waals surface area contributed by atoms with Crippen LogP contribution in [0.3, 0.4) is 0 Å². The van der Waals surface area contributed by atoms with E-state index in [0.717, 1.165) is 43.1 Å². The summed E-state index contributed by atoms with van der Waals surface area (Å²) in [7, 11) is 0. The van der Waals surface area contributed by atoms with Crippen LogP contribution < -0.4 is 0 Å². The van der Waals surface area contributed by atoms with Crippen molar-refractivity contribution in [2.45, 2.75) is 33.7 Å². The second-order valence-electron chi connectivity index (χ2n) is 6.89. The Labute approximate surface area is 132 Å². The zero-order valence-electron chi connectivity index (χ0n) is 13.7. The number of nitrogens with zero attached hydrogens (tertiary/aromatic N) is 2. The highest BCUT2D eigenvalue weighted by Gasteiger charge is 2.18. The molecular weight excluding hydrogens is 276 g/mol. The number of aliphatic hydroxyl groups is 1. The van der Waals surface area contributed by atoms with Crippen molar-refractivity contribution in [3.8, 4) is 11.3 Å². The molecule has 22 heavy (non-hydrogen) atoms. The first-order valence-electron chi connectivity index (χ1n) is 7.82. The maximum absolute atomic E-state index is 9.07. The topological polar surface area (TPSA) is 49.5 Å². The first kappa shape index (κ1) is 16.7. The summed E-state index contributed by atoms with van der Waals surface area (Å²) in [6, 6.07) is 12.0. The van der Waals surface area contributed by atoms with Gasteiger partial charge < -0.3 is 9.63 Å². The van der Waals surface area contributed by atoms with Gasteiger partial charge in [-0.15, -0.1) is 0 Å². The average Bonchev–Trinajstić information content (AvgIpc) is 2.93. The maximum Gasteiger partial charge on any atom is 0.151 e. The average molecular weight is 302 g/mol. The standard InChI is InChI=1S/C18H26N2O2/c1-18(2,3)14-20(10-7-11-21)13-16-12-17(19-22-16)15-8-5-4-6-9-15/h4-6,8-9,12,21H,7,10-11,13-14H2,1-3H3. The molecule has 1 N–H and O–H groups in total. The van der Waals surface area contributed by atoms with Crippen LogP contribution in [0.5, 0.6) is 0 Å². The summed E-state index contributed by atoms with van der Waals surface area (Å²) in [5.41, 5.74) is 2.14. The van der Waals surface area contributed by atoms with Gasteiger partial charge in [-0.3, -0.25) is 4.90 Å². The Morgan fingerprint density at radius 3 is 2.55 bits per heavy atom. The van der Waals surface area contributed by atoms with E-state index in [0.29, 0.717) is 0 Å². The molecule has 1 aromatic heterocycles. The molecule has 0 aliphatic heterocycles. The summed E-state index contributed by atoms with van der Waals surface area (Å²) >= 11 is 0. The Balaban J connectivity index is 2.05. The monoisotopic (exact) mass is 302 g/mol. The minimum Gasteiger partial charge on any atom is -0.396 e. The Bertz CT molecular complexity index is 558. The van der Waals surface area contributed by atoms with Crippen molar-refractivity contribution in [3.05, 3.63) is 42.2 Å². The largest absolute Gasteiger partial charge is 0.396 e. The van der Waals surface area contributed by atoms with Gasteiger partial charge in [0, 0.05) is 31.3 Å². The zero-order valence-corrected chi connectivity index (χ0v) is 13.7. The van der Waals surface area contributed by atoms with Gasteiger partial charge in [0.15, 0.2) is 5.76 Å². The third kappa shape index (κ3) is 5.28. The van der Waals surface area contributed by atoms with Crippen LogP contribution in [0.1, 0.15) is 33.0 Å². The molecule has 2 aromatic rings. The van der Waals surface area contributed by atoms with Gasteiger partial charge in [0.25, 0.3) is 0 Å². The van der Waals surface area contributed by atoms with E-state index in [1.165, 1.54) is 0 Å². The van der Waals surface area contributed by atoms with Gasteiger partial charge in [-0.2, -0.15) is 0 Å². The lowest BCUT2D eigenvalue weighted by Gasteiger charge is -2.28. The molecule has 2 rings (SSSR count). The van der Waals surface area contributed by atoms with Crippen LogP contribution in [-0.4, -0.2) is 34.9 Å². The molecule has 0 spiro atoms. The number of rotatable bonds is 7. The normalized spacial score (nSPS) is 12.0. The molecule has 0 aliphatic rings. The van der Waals surface area contributed by atoms with Crippen LogP contribution in [0, 0.1) is 5.41 Å². The first-order valence-corrected chi connectivity index (χ1v) is 7.82. The van der Waals surface area contributed by atoms with Crippen molar-refractivity contribution in [1.82, 2.24) is 10.1 Å². The highest BCUT2D eigenvalue weighted by molar-refractivity contribution is 5.58. The highest BCUT2D eigenvalue weighted by atomic mass is 16.5. The van der Waals surface area contributed by atoms with E-state index >= 15 is 0 Å². The minimum atomic E-state index is 0.206. The second kappa shape index (κ2) is 7.56. The third-order valence-corrected chi connectivity index (χ3v) is 3.34. The molecule has 0 saturated carbocycles. The molecule has 0 amide bonds. The summed E-state index contributed by atoms with van der Waals surface area (Å²) < 4.78 is 5.49. The Morgan fingerprint density at radius 1 is 1.18 bits per heavy atom. The van der Waals surface area contributed by atoms with Crippen molar-refractivity contribution < 1.29 is 9.63 Å². The predicted molar refractivity (Wildman–Crippen MR) is 88.4 cm³/mol. The van der Waals surface area contributed by atoms with Gasteiger partial charge in [0.1, 0.15) is 5.69 Å². The zero-order chi connectivity index (χ0) is 16.0. The molecule has 0 fully saturated rings. The fraction of sp³-hybridized carbons (Fsp3) is 0.500.